The summed E-state index contributed by atoms with van der Waals surface area (Å²) < 4.78 is 1.06. The van der Waals surface area contributed by atoms with Crippen LogP contribution in [0.3, 0.4) is 0 Å². The molecule has 0 aliphatic carbocycles. The van der Waals surface area contributed by atoms with E-state index in [1.807, 2.05) is 42.5 Å². The highest BCUT2D eigenvalue weighted by molar-refractivity contribution is 9.10. The van der Waals surface area contributed by atoms with Crippen molar-refractivity contribution in [3.63, 3.8) is 0 Å². The third kappa shape index (κ3) is 3.08. The van der Waals surface area contributed by atoms with Gasteiger partial charge in [0, 0.05) is 11.0 Å². The molecule has 0 radical (unpaired) electrons. The van der Waals surface area contributed by atoms with Crippen molar-refractivity contribution < 1.29 is 0 Å². The first-order valence-corrected chi connectivity index (χ1v) is 6.06. The lowest BCUT2D eigenvalue weighted by Crippen LogP contribution is -2.00. The number of para-hydroxylation sites is 1. The Hall–Kier alpha value is -1.79. The lowest BCUT2D eigenvalue weighted by atomic mass is 10.1. The summed E-state index contributed by atoms with van der Waals surface area (Å²) in [7, 11) is 0. The molecule has 0 fully saturated rings. The van der Waals surface area contributed by atoms with Crippen molar-refractivity contribution in [2.24, 2.45) is 0 Å². The van der Waals surface area contributed by atoms with Gasteiger partial charge < -0.3 is 5.32 Å². The molecular weight excluding hydrogens is 276 g/mol. The first-order chi connectivity index (χ1) is 8.29. The van der Waals surface area contributed by atoms with Gasteiger partial charge in [0.1, 0.15) is 6.07 Å². The summed E-state index contributed by atoms with van der Waals surface area (Å²) in [6, 6.07) is 17.8. The maximum atomic E-state index is 8.96. The average molecular weight is 287 g/mol. The molecule has 17 heavy (non-hydrogen) atoms. The molecule has 2 aromatic carbocycles. The minimum absolute atomic E-state index is 0.669. The number of benzene rings is 2. The zero-order chi connectivity index (χ0) is 12.1. The van der Waals surface area contributed by atoms with E-state index in [1.165, 1.54) is 5.56 Å². The zero-order valence-corrected chi connectivity index (χ0v) is 10.7. The fourth-order valence-corrected chi connectivity index (χ4v) is 2.03. The molecule has 0 aromatic heterocycles. The van der Waals surface area contributed by atoms with Gasteiger partial charge in [-0.1, -0.05) is 40.2 Å². The SMILES string of the molecule is N#Cc1ccccc1NCc1cccc(Br)c1. The Morgan fingerprint density at radius 2 is 1.94 bits per heavy atom. The van der Waals surface area contributed by atoms with E-state index in [4.69, 9.17) is 5.26 Å². The number of anilines is 1. The summed E-state index contributed by atoms with van der Waals surface area (Å²) >= 11 is 3.44. The van der Waals surface area contributed by atoms with Gasteiger partial charge in [0.2, 0.25) is 0 Å². The largest absolute Gasteiger partial charge is 0.380 e. The van der Waals surface area contributed by atoms with Crippen LogP contribution in [0, 0.1) is 11.3 Å². The molecule has 0 spiro atoms. The molecule has 0 atom stereocenters. The van der Waals surface area contributed by atoms with Gasteiger partial charge in [-0.2, -0.15) is 5.26 Å². The maximum Gasteiger partial charge on any atom is 0.101 e. The topological polar surface area (TPSA) is 35.8 Å². The summed E-state index contributed by atoms with van der Waals surface area (Å²) in [6.07, 6.45) is 0. The zero-order valence-electron chi connectivity index (χ0n) is 9.15. The summed E-state index contributed by atoms with van der Waals surface area (Å²) in [5.74, 6) is 0. The number of halogens is 1. The Bertz CT molecular complexity index is 558. The lowest BCUT2D eigenvalue weighted by molar-refractivity contribution is 1.14. The molecule has 1 N–H and O–H groups in total. The number of hydrogen-bond donors (Lipinski definition) is 1. The molecule has 0 unspecified atom stereocenters. The third-order valence-electron chi connectivity index (χ3n) is 2.42. The Morgan fingerprint density at radius 3 is 2.71 bits per heavy atom. The van der Waals surface area contributed by atoms with Crippen molar-refractivity contribution in [1.82, 2.24) is 0 Å². The fraction of sp³-hybridized carbons (Fsp3) is 0.0714. The Balaban J connectivity index is 2.10. The van der Waals surface area contributed by atoms with Crippen LogP contribution in [0.15, 0.2) is 53.0 Å². The van der Waals surface area contributed by atoms with Crippen LogP contribution in [-0.2, 0) is 6.54 Å². The molecule has 0 amide bonds. The van der Waals surface area contributed by atoms with E-state index in [0.717, 1.165) is 10.2 Å². The molecule has 2 nitrogen and oxygen atoms in total. The minimum Gasteiger partial charge on any atom is -0.380 e. The van der Waals surface area contributed by atoms with Gasteiger partial charge in [-0.3, -0.25) is 0 Å². The molecule has 0 saturated heterocycles. The summed E-state index contributed by atoms with van der Waals surface area (Å²) in [5, 5.41) is 12.2. The highest BCUT2D eigenvalue weighted by atomic mass is 79.9. The van der Waals surface area contributed by atoms with E-state index >= 15 is 0 Å². The Morgan fingerprint density at radius 1 is 1.12 bits per heavy atom. The third-order valence-corrected chi connectivity index (χ3v) is 2.91. The van der Waals surface area contributed by atoms with E-state index < -0.39 is 0 Å². The van der Waals surface area contributed by atoms with Crippen molar-refractivity contribution in [2.45, 2.75) is 6.54 Å². The first-order valence-electron chi connectivity index (χ1n) is 5.27. The molecule has 0 aliphatic rings. The van der Waals surface area contributed by atoms with Gasteiger partial charge in [-0.15, -0.1) is 0 Å². The van der Waals surface area contributed by atoms with Crippen LogP contribution in [0.25, 0.3) is 0 Å². The quantitative estimate of drug-likeness (QED) is 0.928. The Kier molecular flexibility index (Phi) is 3.79. The molecule has 0 bridgehead atoms. The van der Waals surface area contributed by atoms with Gasteiger partial charge >= 0.3 is 0 Å². The van der Waals surface area contributed by atoms with Crippen LogP contribution in [0.4, 0.5) is 5.69 Å². The van der Waals surface area contributed by atoms with Gasteiger partial charge in [0.15, 0.2) is 0 Å². The second-order valence-corrected chi connectivity index (χ2v) is 4.56. The number of nitrogens with one attached hydrogen (secondary N) is 1. The molecular formula is C14H11BrN2. The first kappa shape index (κ1) is 11.7. The highest BCUT2D eigenvalue weighted by Crippen LogP contribution is 2.16. The van der Waals surface area contributed by atoms with E-state index in [-0.39, 0.29) is 0 Å². The number of rotatable bonds is 3. The summed E-state index contributed by atoms with van der Waals surface area (Å²) in [5.41, 5.74) is 2.71. The molecule has 0 saturated carbocycles. The normalized spacial score (nSPS) is 9.65. The van der Waals surface area contributed by atoms with E-state index in [0.29, 0.717) is 12.1 Å². The number of nitrogens with zero attached hydrogens (tertiary/aromatic N) is 1. The van der Waals surface area contributed by atoms with Crippen molar-refractivity contribution in [3.8, 4) is 6.07 Å². The van der Waals surface area contributed by atoms with Crippen LogP contribution in [0.1, 0.15) is 11.1 Å². The van der Waals surface area contributed by atoms with Crippen LogP contribution in [0.2, 0.25) is 0 Å². The van der Waals surface area contributed by atoms with Gasteiger partial charge in [-0.05, 0) is 29.8 Å². The molecule has 84 valence electrons. The minimum atomic E-state index is 0.669. The lowest BCUT2D eigenvalue weighted by Gasteiger charge is -2.08. The Labute approximate surface area is 109 Å². The standard InChI is InChI=1S/C14H11BrN2/c15-13-6-3-4-11(8-13)10-17-14-7-2-1-5-12(14)9-16/h1-8,17H,10H2. The number of hydrogen-bond acceptors (Lipinski definition) is 2. The van der Waals surface area contributed by atoms with Gasteiger partial charge in [0.25, 0.3) is 0 Å². The van der Waals surface area contributed by atoms with Crippen LogP contribution < -0.4 is 5.32 Å². The fourth-order valence-electron chi connectivity index (χ4n) is 1.58. The predicted octanol–water partition coefficient (Wildman–Crippen LogP) is 3.93. The molecule has 2 rings (SSSR count). The highest BCUT2D eigenvalue weighted by Gasteiger charge is 2.00. The molecule has 3 heteroatoms. The summed E-state index contributed by atoms with van der Waals surface area (Å²) in [4.78, 5) is 0. The van der Waals surface area contributed by atoms with E-state index in [1.54, 1.807) is 0 Å². The van der Waals surface area contributed by atoms with Crippen molar-refractivity contribution in [1.29, 1.82) is 5.26 Å². The second kappa shape index (κ2) is 5.51. The van der Waals surface area contributed by atoms with Crippen LogP contribution in [0.5, 0.6) is 0 Å². The monoisotopic (exact) mass is 286 g/mol. The maximum absolute atomic E-state index is 8.96. The van der Waals surface area contributed by atoms with Gasteiger partial charge in [0.05, 0.1) is 11.3 Å². The van der Waals surface area contributed by atoms with E-state index in [2.05, 4.69) is 33.4 Å². The molecule has 0 aliphatic heterocycles. The second-order valence-electron chi connectivity index (χ2n) is 3.64. The van der Waals surface area contributed by atoms with Crippen LogP contribution >= 0.6 is 15.9 Å². The molecule has 0 heterocycles. The van der Waals surface area contributed by atoms with E-state index in [9.17, 15) is 0 Å². The van der Waals surface area contributed by atoms with Crippen molar-refractivity contribution in [3.05, 3.63) is 64.1 Å². The molecule has 2 aromatic rings. The number of nitriles is 1. The van der Waals surface area contributed by atoms with Crippen LogP contribution in [-0.4, -0.2) is 0 Å². The average Bonchev–Trinajstić information content (AvgIpc) is 2.37. The van der Waals surface area contributed by atoms with Crippen molar-refractivity contribution >= 4 is 21.6 Å². The predicted molar refractivity (Wildman–Crippen MR) is 72.6 cm³/mol. The van der Waals surface area contributed by atoms with Gasteiger partial charge in [-0.25, -0.2) is 0 Å². The summed E-state index contributed by atoms with van der Waals surface area (Å²) in [6.45, 7) is 0.706. The van der Waals surface area contributed by atoms with Crippen molar-refractivity contribution in [2.75, 3.05) is 5.32 Å². The smallest absolute Gasteiger partial charge is 0.101 e.